The number of aromatic nitrogens is 2. The van der Waals surface area contributed by atoms with E-state index in [9.17, 15) is 18.7 Å². The molecule has 0 aliphatic heterocycles. The van der Waals surface area contributed by atoms with Gasteiger partial charge in [-0.15, -0.1) is 0 Å². The Morgan fingerprint density at radius 2 is 1.95 bits per heavy atom. The Hall–Kier alpha value is -3.10. The molecule has 0 unspecified atom stereocenters. The Morgan fingerprint density at radius 1 is 1.22 bits per heavy atom. The standard InChI is InChI=1S/C29H36F2N4O2/c1-18(36)34-26(12-19-10-23(30)14-24(31)11-19)27(37)17-32-29(9-8-25-20(15-29)16-33-35-25)22-7-5-6-21(13-22)28(2,3)4/h5-7,10-11,13-14,16,26-27,32,37H,8-9,12,15,17H2,1-4H3,(H,33,35)(H,34,36)/p+1/t26-,27+,29-/m0/s1. The van der Waals surface area contributed by atoms with Gasteiger partial charge in [0, 0.05) is 37.1 Å². The van der Waals surface area contributed by atoms with Crippen molar-refractivity contribution in [3.8, 4) is 0 Å². The molecule has 1 heterocycles. The number of aromatic amines is 1. The smallest absolute Gasteiger partial charge is 0.217 e. The van der Waals surface area contributed by atoms with Crippen molar-refractivity contribution in [1.82, 2.24) is 15.5 Å². The summed E-state index contributed by atoms with van der Waals surface area (Å²) in [4.78, 5) is 11.9. The number of hydrogen-bond donors (Lipinski definition) is 4. The van der Waals surface area contributed by atoms with Crippen molar-refractivity contribution in [3.63, 3.8) is 0 Å². The van der Waals surface area contributed by atoms with Crippen LogP contribution in [-0.2, 0) is 35.0 Å². The van der Waals surface area contributed by atoms with Crippen molar-refractivity contribution in [3.05, 3.63) is 88.2 Å². The number of nitrogens with one attached hydrogen (secondary N) is 2. The van der Waals surface area contributed by atoms with Gasteiger partial charge in [0.05, 0.1) is 12.2 Å². The molecule has 1 aliphatic carbocycles. The quantitative estimate of drug-likeness (QED) is 0.375. The number of aliphatic hydroxyl groups excluding tert-OH is 1. The second-order valence-corrected chi connectivity index (χ2v) is 11.3. The molecule has 1 aromatic heterocycles. The number of hydrogen-bond acceptors (Lipinski definition) is 3. The van der Waals surface area contributed by atoms with E-state index < -0.39 is 23.8 Å². The van der Waals surface area contributed by atoms with Crippen LogP contribution in [0.15, 0.2) is 48.7 Å². The molecule has 0 spiro atoms. The molecule has 6 nitrogen and oxygen atoms in total. The number of aliphatic hydroxyl groups is 1. The highest BCUT2D eigenvalue weighted by Gasteiger charge is 2.41. The van der Waals surface area contributed by atoms with Crippen LogP contribution in [0.25, 0.3) is 0 Å². The van der Waals surface area contributed by atoms with Gasteiger partial charge < -0.3 is 15.7 Å². The lowest BCUT2D eigenvalue weighted by Gasteiger charge is -2.37. The summed E-state index contributed by atoms with van der Waals surface area (Å²) >= 11 is 0. The van der Waals surface area contributed by atoms with E-state index in [2.05, 4.69) is 65.9 Å². The summed E-state index contributed by atoms with van der Waals surface area (Å²) in [5.41, 5.74) is 4.76. The fourth-order valence-corrected chi connectivity index (χ4v) is 5.35. The maximum Gasteiger partial charge on any atom is 0.217 e. The Kier molecular flexibility index (Phi) is 7.80. The minimum Gasteiger partial charge on any atom is -0.385 e. The topological polar surface area (TPSA) is 94.6 Å². The Bertz CT molecular complexity index is 1230. The van der Waals surface area contributed by atoms with Gasteiger partial charge >= 0.3 is 0 Å². The molecule has 1 aliphatic rings. The van der Waals surface area contributed by atoms with Crippen LogP contribution in [0, 0.1) is 11.6 Å². The number of carbonyl (C=O) groups is 1. The third-order valence-electron chi connectivity index (χ3n) is 7.42. The SMILES string of the molecule is CC(=O)N[C@@H](Cc1cc(F)cc(F)c1)[C@H](O)C[NH2+][C@@]1(c2cccc(C(C)(C)C)c2)CCc2[nH]ncc2C1. The lowest BCUT2D eigenvalue weighted by molar-refractivity contribution is -0.743. The molecule has 1 amide bonds. The Labute approximate surface area is 216 Å². The number of benzene rings is 2. The maximum atomic E-state index is 13.8. The van der Waals surface area contributed by atoms with Crippen LogP contribution >= 0.6 is 0 Å². The number of rotatable bonds is 8. The number of aryl methyl sites for hydroxylation is 1. The molecule has 0 saturated carbocycles. The maximum absolute atomic E-state index is 13.8. The number of H-pyrrole nitrogens is 1. The first-order chi connectivity index (χ1) is 17.4. The fourth-order valence-electron chi connectivity index (χ4n) is 5.35. The third-order valence-corrected chi connectivity index (χ3v) is 7.42. The highest BCUT2D eigenvalue weighted by Crippen LogP contribution is 2.35. The molecule has 3 atom stereocenters. The van der Waals surface area contributed by atoms with Crippen molar-refractivity contribution < 1.29 is 24.0 Å². The van der Waals surface area contributed by atoms with Gasteiger partial charge in [-0.3, -0.25) is 9.89 Å². The number of fused-ring (bicyclic) bond motifs is 1. The van der Waals surface area contributed by atoms with Crippen LogP contribution in [0.3, 0.4) is 0 Å². The van der Waals surface area contributed by atoms with E-state index in [0.717, 1.165) is 36.6 Å². The first-order valence-electron chi connectivity index (χ1n) is 12.8. The number of amides is 1. The number of quaternary nitrogens is 1. The highest BCUT2D eigenvalue weighted by molar-refractivity contribution is 5.73. The molecule has 0 bridgehead atoms. The van der Waals surface area contributed by atoms with E-state index in [1.807, 2.05) is 6.20 Å². The predicted molar refractivity (Wildman–Crippen MR) is 138 cm³/mol. The molecule has 0 saturated heterocycles. The van der Waals surface area contributed by atoms with E-state index in [1.165, 1.54) is 30.2 Å². The molecule has 4 rings (SSSR count). The Balaban J connectivity index is 1.60. The normalized spacial score (nSPS) is 19.2. The summed E-state index contributed by atoms with van der Waals surface area (Å²) in [6.45, 7) is 8.24. The fraction of sp³-hybridized carbons (Fsp3) is 0.448. The molecule has 2 aromatic carbocycles. The van der Waals surface area contributed by atoms with Crippen molar-refractivity contribution in [2.24, 2.45) is 0 Å². The lowest BCUT2D eigenvalue weighted by atomic mass is 9.74. The highest BCUT2D eigenvalue weighted by atomic mass is 19.1. The number of nitrogens with two attached hydrogens (primary N) is 1. The van der Waals surface area contributed by atoms with E-state index >= 15 is 0 Å². The largest absolute Gasteiger partial charge is 0.385 e. The third kappa shape index (κ3) is 6.43. The second-order valence-electron chi connectivity index (χ2n) is 11.3. The number of halogens is 2. The van der Waals surface area contributed by atoms with E-state index in [0.29, 0.717) is 12.1 Å². The van der Waals surface area contributed by atoms with E-state index in [4.69, 9.17) is 0 Å². The zero-order valence-corrected chi connectivity index (χ0v) is 21.9. The van der Waals surface area contributed by atoms with Gasteiger partial charge in [0.15, 0.2) is 0 Å². The zero-order chi connectivity index (χ0) is 26.8. The monoisotopic (exact) mass is 511 g/mol. The van der Waals surface area contributed by atoms with Gasteiger partial charge in [0.25, 0.3) is 0 Å². The van der Waals surface area contributed by atoms with E-state index in [-0.39, 0.29) is 23.3 Å². The van der Waals surface area contributed by atoms with Crippen molar-refractivity contribution in [1.29, 1.82) is 0 Å². The van der Waals surface area contributed by atoms with Crippen molar-refractivity contribution in [2.75, 3.05) is 6.54 Å². The first kappa shape index (κ1) is 26.9. The summed E-state index contributed by atoms with van der Waals surface area (Å²) in [5.74, 6) is -1.68. The first-order valence-corrected chi connectivity index (χ1v) is 12.8. The Morgan fingerprint density at radius 3 is 2.62 bits per heavy atom. The van der Waals surface area contributed by atoms with Gasteiger partial charge in [0.1, 0.15) is 29.8 Å². The molecule has 3 aromatic rings. The van der Waals surface area contributed by atoms with Gasteiger partial charge in [-0.05, 0) is 53.1 Å². The molecule has 0 fully saturated rings. The predicted octanol–water partition coefficient (Wildman–Crippen LogP) is 3.04. The van der Waals surface area contributed by atoms with Crippen LogP contribution in [0.4, 0.5) is 8.78 Å². The van der Waals surface area contributed by atoms with E-state index in [1.54, 1.807) is 0 Å². The number of carbonyl (C=O) groups excluding carboxylic acids is 1. The molecule has 0 radical (unpaired) electrons. The van der Waals surface area contributed by atoms with Crippen molar-refractivity contribution >= 4 is 5.91 Å². The lowest BCUT2D eigenvalue weighted by Crippen LogP contribution is -2.98. The molecule has 8 heteroatoms. The van der Waals surface area contributed by atoms with Crippen LogP contribution in [0.5, 0.6) is 0 Å². The second kappa shape index (κ2) is 10.7. The average Bonchev–Trinajstić information content (AvgIpc) is 3.28. The summed E-state index contributed by atoms with van der Waals surface area (Å²) in [5, 5.41) is 23.5. The summed E-state index contributed by atoms with van der Waals surface area (Å²) in [7, 11) is 0. The van der Waals surface area contributed by atoms with Crippen molar-refractivity contribution in [2.45, 2.75) is 76.5 Å². The van der Waals surface area contributed by atoms with Gasteiger partial charge in [-0.25, -0.2) is 8.78 Å². The molecular weight excluding hydrogens is 474 g/mol. The van der Waals surface area contributed by atoms with Crippen LogP contribution < -0.4 is 10.6 Å². The van der Waals surface area contributed by atoms with Gasteiger partial charge in [-0.2, -0.15) is 5.10 Å². The van der Waals surface area contributed by atoms with Crippen LogP contribution in [0.1, 0.15) is 62.1 Å². The molecule has 37 heavy (non-hydrogen) atoms. The average molecular weight is 512 g/mol. The van der Waals surface area contributed by atoms with Crippen LogP contribution in [-0.4, -0.2) is 39.9 Å². The molecule has 5 N–H and O–H groups in total. The minimum absolute atomic E-state index is 0.0110. The number of nitrogens with zero attached hydrogens (tertiary/aromatic N) is 1. The molecular formula is C29H37F2N4O2+. The summed E-state index contributed by atoms with van der Waals surface area (Å²) < 4.78 is 27.6. The van der Waals surface area contributed by atoms with Gasteiger partial charge in [0.2, 0.25) is 5.91 Å². The zero-order valence-electron chi connectivity index (χ0n) is 21.9. The van der Waals surface area contributed by atoms with Gasteiger partial charge in [-0.1, -0.05) is 39.0 Å². The minimum atomic E-state index is -0.941. The summed E-state index contributed by atoms with van der Waals surface area (Å²) in [6, 6.07) is 11.2. The van der Waals surface area contributed by atoms with Crippen LogP contribution in [0.2, 0.25) is 0 Å². The molecule has 198 valence electrons. The summed E-state index contributed by atoms with van der Waals surface area (Å²) in [6.07, 6.45) is 3.48.